The molecule has 2 N–H and O–H groups in total. The summed E-state index contributed by atoms with van der Waals surface area (Å²) in [4.78, 5) is 11.8. The number of rotatable bonds is 5. The fourth-order valence-electron chi connectivity index (χ4n) is 1.73. The van der Waals surface area contributed by atoms with Crippen molar-refractivity contribution >= 4 is 11.7 Å². The van der Waals surface area contributed by atoms with Gasteiger partial charge < -0.3 is 15.2 Å². The van der Waals surface area contributed by atoms with Gasteiger partial charge in [0, 0.05) is 5.69 Å². The van der Waals surface area contributed by atoms with Crippen LogP contribution in [0.15, 0.2) is 42.5 Å². The summed E-state index contributed by atoms with van der Waals surface area (Å²) in [6, 6.07) is 11.1. The van der Waals surface area contributed by atoms with Crippen LogP contribution in [0.3, 0.4) is 0 Å². The third-order valence-electron chi connectivity index (χ3n) is 2.84. The van der Waals surface area contributed by atoms with Gasteiger partial charge in [-0.3, -0.25) is 0 Å². The van der Waals surface area contributed by atoms with Crippen molar-refractivity contribution in [1.82, 2.24) is 0 Å². The summed E-state index contributed by atoms with van der Waals surface area (Å²) in [5, 5.41) is 0. The van der Waals surface area contributed by atoms with E-state index >= 15 is 0 Å². The Bertz CT molecular complexity index is 626. The number of aryl methyl sites for hydroxylation is 1. The first kappa shape index (κ1) is 14.8. The largest absolute Gasteiger partial charge is 0.490 e. The molecule has 2 aromatic carbocycles. The standard InChI is InChI=1S/C16H16FNO3/c1-11-2-5-13(6-3-11)20-8-9-21-16(19)14-7-4-12(17)10-15(14)18/h2-7,10H,8-9,18H2,1H3. The zero-order valence-electron chi connectivity index (χ0n) is 11.6. The van der Waals surface area contributed by atoms with Crippen LogP contribution in [-0.2, 0) is 4.74 Å². The molecule has 0 radical (unpaired) electrons. The van der Waals surface area contributed by atoms with Crippen molar-refractivity contribution in [2.45, 2.75) is 6.92 Å². The maximum absolute atomic E-state index is 12.9. The number of halogens is 1. The molecule has 0 aliphatic heterocycles. The van der Waals surface area contributed by atoms with Gasteiger partial charge in [0.15, 0.2) is 0 Å². The number of hydrogen-bond acceptors (Lipinski definition) is 4. The lowest BCUT2D eigenvalue weighted by molar-refractivity contribution is 0.0451. The van der Waals surface area contributed by atoms with E-state index in [-0.39, 0.29) is 24.5 Å². The third kappa shape index (κ3) is 4.21. The fraction of sp³-hybridized carbons (Fsp3) is 0.188. The van der Waals surface area contributed by atoms with Crippen molar-refractivity contribution in [3.63, 3.8) is 0 Å². The first-order chi connectivity index (χ1) is 10.1. The van der Waals surface area contributed by atoms with Gasteiger partial charge in [0.25, 0.3) is 0 Å². The summed E-state index contributed by atoms with van der Waals surface area (Å²) in [7, 11) is 0. The van der Waals surface area contributed by atoms with Crippen LogP contribution >= 0.6 is 0 Å². The van der Waals surface area contributed by atoms with Crippen LogP contribution in [0.4, 0.5) is 10.1 Å². The van der Waals surface area contributed by atoms with Crippen LogP contribution in [0.1, 0.15) is 15.9 Å². The molecule has 21 heavy (non-hydrogen) atoms. The highest BCUT2D eigenvalue weighted by molar-refractivity contribution is 5.94. The van der Waals surface area contributed by atoms with Crippen LogP contribution < -0.4 is 10.5 Å². The lowest BCUT2D eigenvalue weighted by Gasteiger charge is -2.09. The average molecular weight is 289 g/mol. The Morgan fingerprint density at radius 3 is 2.52 bits per heavy atom. The zero-order valence-corrected chi connectivity index (χ0v) is 11.6. The number of carbonyl (C=O) groups is 1. The van der Waals surface area contributed by atoms with E-state index in [1.165, 1.54) is 6.07 Å². The summed E-state index contributed by atoms with van der Waals surface area (Å²) in [6.07, 6.45) is 0. The molecular formula is C16H16FNO3. The lowest BCUT2D eigenvalue weighted by Crippen LogP contribution is -2.13. The second kappa shape index (κ2) is 6.74. The van der Waals surface area contributed by atoms with Crippen LogP contribution in [0.25, 0.3) is 0 Å². The Labute approximate surface area is 122 Å². The number of benzene rings is 2. The van der Waals surface area contributed by atoms with E-state index in [0.717, 1.165) is 17.7 Å². The molecule has 0 aliphatic carbocycles. The first-order valence-electron chi connectivity index (χ1n) is 6.48. The highest BCUT2D eigenvalue weighted by Gasteiger charge is 2.11. The smallest absolute Gasteiger partial charge is 0.340 e. The van der Waals surface area contributed by atoms with Gasteiger partial charge in [0.1, 0.15) is 24.8 Å². The monoisotopic (exact) mass is 289 g/mol. The SMILES string of the molecule is Cc1ccc(OCCOC(=O)c2ccc(F)cc2N)cc1. The van der Waals surface area contributed by atoms with Crippen molar-refractivity contribution in [1.29, 1.82) is 0 Å². The average Bonchev–Trinajstić information content (AvgIpc) is 2.45. The zero-order chi connectivity index (χ0) is 15.2. The Balaban J connectivity index is 1.80. The number of esters is 1. The van der Waals surface area contributed by atoms with Gasteiger partial charge in [-0.05, 0) is 37.3 Å². The molecule has 2 aromatic rings. The molecule has 0 spiro atoms. The third-order valence-corrected chi connectivity index (χ3v) is 2.84. The number of carbonyl (C=O) groups excluding carboxylic acids is 1. The molecule has 0 bridgehead atoms. The maximum atomic E-state index is 12.9. The van der Waals surface area contributed by atoms with E-state index in [0.29, 0.717) is 5.75 Å². The maximum Gasteiger partial charge on any atom is 0.340 e. The predicted octanol–water partition coefficient (Wildman–Crippen LogP) is 2.95. The molecule has 110 valence electrons. The van der Waals surface area contributed by atoms with E-state index < -0.39 is 11.8 Å². The van der Waals surface area contributed by atoms with Crippen molar-refractivity contribution < 1.29 is 18.7 Å². The Hall–Kier alpha value is -2.56. The molecule has 4 nitrogen and oxygen atoms in total. The molecule has 0 saturated carbocycles. The molecule has 0 unspecified atom stereocenters. The first-order valence-corrected chi connectivity index (χ1v) is 6.48. The van der Waals surface area contributed by atoms with E-state index in [1.54, 1.807) is 0 Å². The molecule has 2 rings (SSSR count). The molecule has 0 amide bonds. The van der Waals surface area contributed by atoms with Crippen molar-refractivity contribution in [2.75, 3.05) is 18.9 Å². The second-order valence-electron chi connectivity index (χ2n) is 4.53. The number of nitrogens with two attached hydrogens (primary N) is 1. The summed E-state index contributed by atoms with van der Waals surface area (Å²) in [5.74, 6) is -0.385. The quantitative estimate of drug-likeness (QED) is 0.522. The number of ether oxygens (including phenoxy) is 2. The van der Waals surface area contributed by atoms with Crippen molar-refractivity contribution in [3.8, 4) is 5.75 Å². The summed E-state index contributed by atoms with van der Waals surface area (Å²) in [6.45, 7) is 2.30. The number of nitrogen functional groups attached to an aromatic ring is 1. The van der Waals surface area contributed by atoms with E-state index in [1.807, 2.05) is 31.2 Å². The lowest BCUT2D eigenvalue weighted by atomic mass is 10.2. The predicted molar refractivity (Wildman–Crippen MR) is 77.8 cm³/mol. The number of anilines is 1. The van der Waals surface area contributed by atoms with Crippen LogP contribution in [0.2, 0.25) is 0 Å². The highest BCUT2D eigenvalue weighted by Crippen LogP contribution is 2.15. The summed E-state index contributed by atoms with van der Waals surface area (Å²) < 4.78 is 23.3. The van der Waals surface area contributed by atoms with E-state index in [2.05, 4.69) is 0 Å². The van der Waals surface area contributed by atoms with Gasteiger partial charge in [0.2, 0.25) is 0 Å². The van der Waals surface area contributed by atoms with Gasteiger partial charge in [-0.15, -0.1) is 0 Å². The topological polar surface area (TPSA) is 61.5 Å². The molecule has 0 aromatic heterocycles. The van der Waals surface area contributed by atoms with Crippen LogP contribution in [-0.4, -0.2) is 19.2 Å². The van der Waals surface area contributed by atoms with Gasteiger partial charge >= 0.3 is 5.97 Å². The van der Waals surface area contributed by atoms with Gasteiger partial charge in [0.05, 0.1) is 5.56 Å². The van der Waals surface area contributed by atoms with E-state index in [9.17, 15) is 9.18 Å². The molecular weight excluding hydrogens is 273 g/mol. The molecule has 0 atom stereocenters. The van der Waals surface area contributed by atoms with Crippen LogP contribution in [0.5, 0.6) is 5.75 Å². The normalized spacial score (nSPS) is 10.2. The number of hydrogen-bond donors (Lipinski definition) is 1. The van der Waals surface area contributed by atoms with Gasteiger partial charge in [-0.1, -0.05) is 17.7 Å². The minimum Gasteiger partial charge on any atom is -0.490 e. The van der Waals surface area contributed by atoms with Crippen LogP contribution in [0, 0.1) is 12.7 Å². The Morgan fingerprint density at radius 2 is 1.86 bits per heavy atom. The second-order valence-corrected chi connectivity index (χ2v) is 4.53. The molecule has 0 fully saturated rings. The molecule has 5 heteroatoms. The summed E-state index contributed by atoms with van der Waals surface area (Å²) >= 11 is 0. The minimum atomic E-state index is -0.597. The van der Waals surface area contributed by atoms with Gasteiger partial charge in [-0.25, -0.2) is 9.18 Å². The Kier molecular flexibility index (Phi) is 4.77. The summed E-state index contributed by atoms with van der Waals surface area (Å²) in [5.41, 5.74) is 6.90. The molecule has 0 saturated heterocycles. The molecule has 0 heterocycles. The van der Waals surface area contributed by atoms with Gasteiger partial charge in [-0.2, -0.15) is 0 Å². The van der Waals surface area contributed by atoms with E-state index in [4.69, 9.17) is 15.2 Å². The molecule has 0 aliphatic rings. The fourth-order valence-corrected chi connectivity index (χ4v) is 1.73. The van der Waals surface area contributed by atoms with Crippen molar-refractivity contribution in [2.24, 2.45) is 0 Å². The minimum absolute atomic E-state index is 0.0550. The Morgan fingerprint density at radius 1 is 1.14 bits per heavy atom. The van der Waals surface area contributed by atoms with Crippen molar-refractivity contribution in [3.05, 3.63) is 59.4 Å². The highest BCUT2D eigenvalue weighted by atomic mass is 19.1.